The minimum absolute atomic E-state index is 0.200. The monoisotopic (exact) mass is 184 g/mol. The summed E-state index contributed by atoms with van der Waals surface area (Å²) in [5.41, 5.74) is 0.897. The molecule has 0 radical (unpaired) electrons. The number of terminal acetylenes is 1. The number of carbonyl (C=O) groups is 1. The maximum absolute atomic E-state index is 11.8. The quantitative estimate of drug-likeness (QED) is 0.659. The van der Waals surface area contributed by atoms with Crippen molar-refractivity contribution in [3.05, 3.63) is 35.9 Å². The molecule has 1 aliphatic carbocycles. The Morgan fingerprint density at radius 3 is 2.50 bits per heavy atom. The van der Waals surface area contributed by atoms with Crippen LogP contribution in [0.25, 0.3) is 0 Å². The summed E-state index contributed by atoms with van der Waals surface area (Å²) in [6.07, 6.45) is 7.33. The Bertz CT molecular complexity index is 379. The molecule has 0 N–H and O–H groups in total. The van der Waals surface area contributed by atoms with Gasteiger partial charge in [-0.3, -0.25) is 4.79 Å². The molecule has 1 fully saturated rings. The number of hydrogen-bond donors (Lipinski definition) is 0. The summed E-state index contributed by atoms with van der Waals surface area (Å²) in [6, 6.07) is 9.94. The molecule has 1 aromatic carbocycles. The molecule has 1 aromatic rings. The molecule has 1 nitrogen and oxygen atoms in total. The second kappa shape index (κ2) is 3.31. The zero-order chi connectivity index (χ0) is 10.0. The summed E-state index contributed by atoms with van der Waals surface area (Å²) in [7, 11) is 0. The SMILES string of the molecule is C#CCC(=O)C1(c2ccccc2)CC1. The van der Waals surface area contributed by atoms with Gasteiger partial charge in [0.1, 0.15) is 0 Å². The molecular formula is C13H12O. The predicted molar refractivity (Wildman–Crippen MR) is 55.8 cm³/mol. The van der Waals surface area contributed by atoms with Gasteiger partial charge >= 0.3 is 0 Å². The molecule has 0 unspecified atom stereocenters. The average molecular weight is 184 g/mol. The Morgan fingerprint density at radius 2 is 2.00 bits per heavy atom. The highest BCUT2D eigenvalue weighted by Crippen LogP contribution is 2.49. The maximum atomic E-state index is 11.8. The van der Waals surface area contributed by atoms with E-state index in [0.717, 1.165) is 18.4 Å². The highest BCUT2D eigenvalue weighted by molar-refractivity contribution is 5.94. The third-order valence-electron chi connectivity index (χ3n) is 2.87. The zero-order valence-electron chi connectivity index (χ0n) is 7.99. The van der Waals surface area contributed by atoms with E-state index in [2.05, 4.69) is 5.92 Å². The minimum atomic E-state index is -0.229. The van der Waals surface area contributed by atoms with E-state index in [4.69, 9.17) is 6.42 Å². The summed E-state index contributed by atoms with van der Waals surface area (Å²) in [4.78, 5) is 11.8. The first kappa shape index (κ1) is 9.02. The van der Waals surface area contributed by atoms with Gasteiger partial charge < -0.3 is 0 Å². The van der Waals surface area contributed by atoms with Crippen LogP contribution in [0.2, 0.25) is 0 Å². The van der Waals surface area contributed by atoms with Crippen molar-refractivity contribution in [1.29, 1.82) is 0 Å². The molecule has 0 spiro atoms. The van der Waals surface area contributed by atoms with Gasteiger partial charge in [0.15, 0.2) is 5.78 Å². The van der Waals surface area contributed by atoms with Gasteiger partial charge in [0.05, 0.1) is 11.8 Å². The topological polar surface area (TPSA) is 17.1 Å². The number of hydrogen-bond acceptors (Lipinski definition) is 1. The smallest absolute Gasteiger partial charge is 0.155 e. The van der Waals surface area contributed by atoms with E-state index in [0.29, 0.717) is 0 Å². The summed E-state index contributed by atoms with van der Waals surface area (Å²) in [6.45, 7) is 0. The van der Waals surface area contributed by atoms with Crippen LogP contribution in [-0.4, -0.2) is 5.78 Å². The van der Waals surface area contributed by atoms with E-state index in [1.165, 1.54) is 0 Å². The standard InChI is InChI=1S/C13H12O/c1-2-6-12(14)13(9-10-13)11-7-4-3-5-8-11/h1,3-5,7-8H,6,9-10H2. The summed E-state index contributed by atoms with van der Waals surface area (Å²) in [5, 5.41) is 0. The molecule has 0 aromatic heterocycles. The Hall–Kier alpha value is -1.55. The van der Waals surface area contributed by atoms with Crippen molar-refractivity contribution in [3.63, 3.8) is 0 Å². The van der Waals surface area contributed by atoms with Crippen molar-refractivity contribution >= 4 is 5.78 Å². The first-order chi connectivity index (χ1) is 6.79. The highest BCUT2D eigenvalue weighted by atomic mass is 16.1. The Balaban J connectivity index is 2.27. The molecule has 0 saturated heterocycles. The van der Waals surface area contributed by atoms with Crippen molar-refractivity contribution in [1.82, 2.24) is 0 Å². The molecule has 0 heterocycles. The molecular weight excluding hydrogens is 172 g/mol. The van der Waals surface area contributed by atoms with E-state index in [1.54, 1.807) is 0 Å². The lowest BCUT2D eigenvalue weighted by atomic mass is 9.90. The fourth-order valence-corrected chi connectivity index (χ4v) is 1.87. The van der Waals surface area contributed by atoms with Gasteiger partial charge in [0, 0.05) is 0 Å². The van der Waals surface area contributed by atoms with Gasteiger partial charge in [-0.2, -0.15) is 0 Å². The third-order valence-corrected chi connectivity index (χ3v) is 2.87. The van der Waals surface area contributed by atoms with Crippen molar-refractivity contribution in [2.24, 2.45) is 0 Å². The van der Waals surface area contributed by atoms with Crippen molar-refractivity contribution in [2.45, 2.75) is 24.7 Å². The van der Waals surface area contributed by atoms with E-state index >= 15 is 0 Å². The first-order valence-corrected chi connectivity index (χ1v) is 4.82. The van der Waals surface area contributed by atoms with Gasteiger partial charge in [0.2, 0.25) is 0 Å². The normalized spacial score (nSPS) is 17.1. The van der Waals surface area contributed by atoms with E-state index in [9.17, 15) is 4.79 Å². The van der Waals surface area contributed by atoms with Gasteiger partial charge in [0.25, 0.3) is 0 Å². The molecule has 14 heavy (non-hydrogen) atoms. The summed E-state index contributed by atoms with van der Waals surface area (Å²) < 4.78 is 0. The van der Waals surface area contributed by atoms with Gasteiger partial charge in [-0.05, 0) is 18.4 Å². The molecule has 1 aliphatic rings. The van der Waals surface area contributed by atoms with Crippen LogP contribution in [0.3, 0.4) is 0 Å². The molecule has 70 valence electrons. The highest BCUT2D eigenvalue weighted by Gasteiger charge is 2.49. The van der Waals surface area contributed by atoms with E-state index < -0.39 is 0 Å². The lowest BCUT2D eigenvalue weighted by Crippen LogP contribution is -2.19. The average Bonchev–Trinajstić information content (AvgIpc) is 3.00. The second-order valence-electron chi connectivity index (χ2n) is 3.75. The van der Waals surface area contributed by atoms with Crippen LogP contribution >= 0.6 is 0 Å². The number of Topliss-reactive ketones (excluding diaryl/α,β-unsaturated/α-hetero) is 1. The third kappa shape index (κ3) is 1.33. The van der Waals surface area contributed by atoms with E-state index in [-0.39, 0.29) is 17.6 Å². The van der Waals surface area contributed by atoms with Crippen LogP contribution in [0.4, 0.5) is 0 Å². The number of benzene rings is 1. The van der Waals surface area contributed by atoms with Crippen molar-refractivity contribution in [2.75, 3.05) is 0 Å². The number of rotatable bonds is 3. The van der Waals surface area contributed by atoms with Gasteiger partial charge in [-0.1, -0.05) is 36.3 Å². The summed E-state index contributed by atoms with van der Waals surface area (Å²) in [5.74, 6) is 2.63. The Labute approximate surface area is 84.1 Å². The van der Waals surface area contributed by atoms with Gasteiger partial charge in [-0.15, -0.1) is 6.42 Å². The van der Waals surface area contributed by atoms with E-state index in [1.807, 2.05) is 30.3 Å². The molecule has 1 saturated carbocycles. The molecule has 2 rings (SSSR count). The number of ketones is 1. The largest absolute Gasteiger partial charge is 0.298 e. The lowest BCUT2D eigenvalue weighted by molar-refractivity contribution is -0.120. The second-order valence-corrected chi connectivity index (χ2v) is 3.75. The predicted octanol–water partition coefficient (Wildman–Crippen LogP) is 2.31. The fourth-order valence-electron chi connectivity index (χ4n) is 1.87. The Kier molecular flexibility index (Phi) is 2.13. The molecule has 0 aliphatic heterocycles. The maximum Gasteiger partial charge on any atom is 0.155 e. The Morgan fingerprint density at radius 1 is 1.36 bits per heavy atom. The molecule has 0 amide bonds. The van der Waals surface area contributed by atoms with Crippen molar-refractivity contribution < 1.29 is 4.79 Å². The molecule has 1 heteroatoms. The fraction of sp³-hybridized carbons (Fsp3) is 0.308. The summed E-state index contributed by atoms with van der Waals surface area (Å²) >= 11 is 0. The molecule has 0 bridgehead atoms. The van der Waals surface area contributed by atoms with Crippen LogP contribution in [0.1, 0.15) is 24.8 Å². The number of carbonyl (C=O) groups excluding carboxylic acids is 1. The van der Waals surface area contributed by atoms with Gasteiger partial charge in [-0.25, -0.2) is 0 Å². The van der Waals surface area contributed by atoms with Crippen LogP contribution in [0, 0.1) is 12.3 Å². The van der Waals surface area contributed by atoms with Crippen LogP contribution in [0.5, 0.6) is 0 Å². The lowest BCUT2D eigenvalue weighted by Gasteiger charge is -2.12. The van der Waals surface area contributed by atoms with Crippen LogP contribution < -0.4 is 0 Å². The van der Waals surface area contributed by atoms with Crippen LogP contribution in [0.15, 0.2) is 30.3 Å². The first-order valence-electron chi connectivity index (χ1n) is 4.82. The zero-order valence-corrected chi connectivity index (χ0v) is 7.99. The molecule has 0 atom stereocenters. The van der Waals surface area contributed by atoms with Crippen molar-refractivity contribution in [3.8, 4) is 12.3 Å². The van der Waals surface area contributed by atoms with Crippen LogP contribution in [-0.2, 0) is 10.2 Å². The minimum Gasteiger partial charge on any atom is -0.298 e.